The van der Waals surface area contributed by atoms with E-state index in [1.165, 1.54) is 31.5 Å². The number of benzene rings is 1. The van der Waals surface area contributed by atoms with Crippen LogP contribution in [0, 0.1) is 0 Å². The third-order valence-electron chi connectivity index (χ3n) is 4.37. The van der Waals surface area contributed by atoms with Gasteiger partial charge in [0, 0.05) is 18.7 Å². The fourth-order valence-corrected chi connectivity index (χ4v) is 3.08. The predicted octanol–water partition coefficient (Wildman–Crippen LogP) is 3.45. The molecule has 22 heavy (non-hydrogen) atoms. The van der Waals surface area contributed by atoms with Gasteiger partial charge in [-0.3, -0.25) is 4.90 Å². The average Bonchev–Trinajstić information content (AvgIpc) is 3.09. The number of aromatic nitrogens is 2. The Balaban J connectivity index is 1.85. The molecule has 1 aromatic heterocycles. The van der Waals surface area contributed by atoms with Gasteiger partial charge >= 0.3 is 0 Å². The van der Waals surface area contributed by atoms with Crippen LogP contribution in [0.5, 0.6) is 0 Å². The highest BCUT2D eigenvalue weighted by Gasteiger charge is 2.19. The Kier molecular flexibility index (Phi) is 4.80. The van der Waals surface area contributed by atoms with Crippen molar-refractivity contribution in [2.45, 2.75) is 32.4 Å². The van der Waals surface area contributed by atoms with Crippen LogP contribution in [-0.2, 0) is 11.3 Å². The van der Waals surface area contributed by atoms with Gasteiger partial charge in [-0.1, -0.05) is 18.2 Å². The summed E-state index contributed by atoms with van der Waals surface area (Å²) in [6, 6.07) is 11.2. The maximum Gasteiger partial charge on any atom is 0.116 e. The molecule has 0 aliphatic carbocycles. The third-order valence-corrected chi connectivity index (χ3v) is 4.37. The zero-order valence-corrected chi connectivity index (χ0v) is 13.3. The standard InChI is InChI=1S/C18H23N3O/c1-14(21-8-3-4-9-21)15-6-5-7-16(10-15)18-11-17(12-22-2)19-13-20-18/h5-7,10-11,13-14H,3-4,8-9,12H2,1-2H3/t14-/m0/s1. The minimum absolute atomic E-state index is 0.461. The van der Waals surface area contributed by atoms with E-state index >= 15 is 0 Å². The first-order valence-electron chi connectivity index (χ1n) is 7.92. The molecule has 2 aromatic rings. The van der Waals surface area contributed by atoms with Crippen molar-refractivity contribution < 1.29 is 4.74 Å². The van der Waals surface area contributed by atoms with Crippen LogP contribution < -0.4 is 0 Å². The highest BCUT2D eigenvalue weighted by atomic mass is 16.5. The highest BCUT2D eigenvalue weighted by Crippen LogP contribution is 2.27. The molecule has 0 N–H and O–H groups in total. The molecule has 2 heterocycles. The van der Waals surface area contributed by atoms with Crippen molar-refractivity contribution in [1.29, 1.82) is 0 Å². The third kappa shape index (κ3) is 3.34. The molecule has 1 atom stereocenters. The molecule has 116 valence electrons. The Bertz CT molecular complexity index is 623. The Labute approximate surface area is 132 Å². The van der Waals surface area contributed by atoms with Crippen LogP contribution in [0.3, 0.4) is 0 Å². The second-order valence-corrected chi connectivity index (χ2v) is 5.87. The largest absolute Gasteiger partial charge is 0.378 e. The number of hydrogen-bond donors (Lipinski definition) is 0. The summed E-state index contributed by atoms with van der Waals surface area (Å²) in [6.45, 7) is 5.22. The molecule has 1 aromatic carbocycles. The van der Waals surface area contributed by atoms with E-state index in [9.17, 15) is 0 Å². The van der Waals surface area contributed by atoms with Crippen molar-refractivity contribution in [1.82, 2.24) is 14.9 Å². The second kappa shape index (κ2) is 6.99. The molecule has 0 amide bonds. The van der Waals surface area contributed by atoms with E-state index < -0.39 is 0 Å². The number of hydrogen-bond acceptors (Lipinski definition) is 4. The van der Waals surface area contributed by atoms with Crippen LogP contribution >= 0.6 is 0 Å². The van der Waals surface area contributed by atoms with Gasteiger partial charge in [-0.25, -0.2) is 9.97 Å². The van der Waals surface area contributed by atoms with Crippen molar-refractivity contribution in [3.05, 3.63) is 47.9 Å². The van der Waals surface area contributed by atoms with E-state index in [0.29, 0.717) is 12.6 Å². The predicted molar refractivity (Wildman–Crippen MR) is 87.4 cm³/mol. The molecule has 1 fully saturated rings. The lowest BCUT2D eigenvalue weighted by atomic mass is 10.0. The van der Waals surface area contributed by atoms with Gasteiger partial charge in [-0.15, -0.1) is 0 Å². The minimum atomic E-state index is 0.461. The SMILES string of the molecule is COCc1cc(-c2cccc([C@H](C)N3CCCC3)c2)ncn1. The lowest BCUT2D eigenvalue weighted by Crippen LogP contribution is -2.23. The van der Waals surface area contributed by atoms with Crippen molar-refractivity contribution >= 4 is 0 Å². The summed E-state index contributed by atoms with van der Waals surface area (Å²) < 4.78 is 5.15. The summed E-state index contributed by atoms with van der Waals surface area (Å²) in [5, 5.41) is 0. The van der Waals surface area contributed by atoms with Gasteiger partial charge in [0.05, 0.1) is 18.0 Å². The zero-order chi connectivity index (χ0) is 15.4. The first-order valence-corrected chi connectivity index (χ1v) is 7.92. The van der Waals surface area contributed by atoms with Gasteiger partial charge in [0.25, 0.3) is 0 Å². The smallest absolute Gasteiger partial charge is 0.116 e. The van der Waals surface area contributed by atoms with Crippen molar-refractivity contribution in [2.75, 3.05) is 20.2 Å². The first kappa shape index (κ1) is 15.1. The first-order chi connectivity index (χ1) is 10.8. The van der Waals surface area contributed by atoms with Gasteiger partial charge < -0.3 is 4.74 Å². The Morgan fingerprint density at radius 3 is 2.77 bits per heavy atom. The maximum absolute atomic E-state index is 5.15. The lowest BCUT2D eigenvalue weighted by Gasteiger charge is -2.24. The Morgan fingerprint density at radius 1 is 1.18 bits per heavy atom. The van der Waals surface area contributed by atoms with Crippen LogP contribution in [0.25, 0.3) is 11.3 Å². The Hall–Kier alpha value is -1.78. The Morgan fingerprint density at radius 2 is 2.00 bits per heavy atom. The summed E-state index contributed by atoms with van der Waals surface area (Å²) in [4.78, 5) is 11.2. The number of rotatable bonds is 5. The molecule has 4 heteroatoms. The summed E-state index contributed by atoms with van der Waals surface area (Å²) in [5.74, 6) is 0. The maximum atomic E-state index is 5.15. The number of ether oxygens (including phenoxy) is 1. The van der Waals surface area contributed by atoms with E-state index in [2.05, 4.69) is 46.1 Å². The van der Waals surface area contributed by atoms with Gasteiger partial charge in [-0.2, -0.15) is 0 Å². The fourth-order valence-electron chi connectivity index (χ4n) is 3.08. The number of methoxy groups -OCH3 is 1. The van der Waals surface area contributed by atoms with E-state index in [4.69, 9.17) is 4.74 Å². The summed E-state index contributed by atoms with van der Waals surface area (Å²) in [6.07, 6.45) is 4.24. The summed E-state index contributed by atoms with van der Waals surface area (Å²) in [7, 11) is 1.68. The minimum Gasteiger partial charge on any atom is -0.378 e. The molecule has 4 nitrogen and oxygen atoms in total. The van der Waals surface area contributed by atoms with Gasteiger partial charge in [0.15, 0.2) is 0 Å². The second-order valence-electron chi connectivity index (χ2n) is 5.87. The van der Waals surface area contributed by atoms with Crippen molar-refractivity contribution in [3.8, 4) is 11.3 Å². The van der Waals surface area contributed by atoms with Crippen molar-refractivity contribution in [2.24, 2.45) is 0 Å². The molecule has 1 aliphatic rings. The average molecular weight is 297 g/mol. The lowest BCUT2D eigenvalue weighted by molar-refractivity contribution is 0.181. The van der Waals surface area contributed by atoms with Gasteiger partial charge in [-0.05, 0) is 50.6 Å². The molecular weight excluding hydrogens is 274 g/mol. The summed E-state index contributed by atoms with van der Waals surface area (Å²) >= 11 is 0. The molecular formula is C18H23N3O. The molecule has 1 aliphatic heterocycles. The topological polar surface area (TPSA) is 38.2 Å². The molecule has 1 saturated heterocycles. The molecule has 3 rings (SSSR count). The molecule has 0 spiro atoms. The molecule has 0 bridgehead atoms. The van der Waals surface area contributed by atoms with Gasteiger partial charge in [0.2, 0.25) is 0 Å². The van der Waals surface area contributed by atoms with Crippen LogP contribution in [0.4, 0.5) is 0 Å². The van der Waals surface area contributed by atoms with Crippen LogP contribution in [0.1, 0.15) is 37.1 Å². The quantitative estimate of drug-likeness (QED) is 0.847. The van der Waals surface area contributed by atoms with E-state index in [1.807, 2.05) is 6.07 Å². The van der Waals surface area contributed by atoms with Crippen molar-refractivity contribution in [3.63, 3.8) is 0 Å². The summed E-state index contributed by atoms with van der Waals surface area (Å²) in [5.41, 5.74) is 4.36. The van der Waals surface area contributed by atoms with Gasteiger partial charge in [0.1, 0.15) is 6.33 Å². The number of likely N-dealkylation sites (tertiary alicyclic amines) is 1. The van der Waals surface area contributed by atoms with E-state index in [-0.39, 0.29) is 0 Å². The highest BCUT2D eigenvalue weighted by molar-refractivity contribution is 5.60. The van der Waals surface area contributed by atoms with Crippen LogP contribution in [0.2, 0.25) is 0 Å². The van der Waals surface area contributed by atoms with E-state index in [0.717, 1.165) is 17.0 Å². The monoisotopic (exact) mass is 297 g/mol. The van der Waals surface area contributed by atoms with E-state index in [1.54, 1.807) is 13.4 Å². The normalized spacial score (nSPS) is 16.8. The van der Waals surface area contributed by atoms with Crippen LogP contribution in [0.15, 0.2) is 36.7 Å². The molecule has 0 unspecified atom stereocenters. The fraction of sp³-hybridized carbons (Fsp3) is 0.444. The molecule has 0 saturated carbocycles. The van der Waals surface area contributed by atoms with Crippen LogP contribution in [-0.4, -0.2) is 35.1 Å². The number of nitrogens with zero attached hydrogens (tertiary/aromatic N) is 3. The molecule has 0 radical (unpaired) electrons. The zero-order valence-electron chi connectivity index (χ0n) is 13.3.